The number of epoxide rings is 1. The Balaban J connectivity index is 1.64. The van der Waals surface area contributed by atoms with Crippen molar-refractivity contribution in [1.29, 1.82) is 0 Å². The Morgan fingerprint density at radius 2 is 1.18 bits per heavy atom. The zero-order chi connectivity index (χ0) is 12.3. The molecule has 0 aliphatic carbocycles. The molecular weight excluding hydrogens is 210 g/mol. The second-order valence-electron chi connectivity index (χ2n) is 5.46. The second-order valence-corrected chi connectivity index (χ2v) is 5.46. The maximum atomic E-state index is 5.57. The number of hydrogen-bond donors (Lipinski definition) is 1. The Hall–Kier alpha value is -0.0800. The van der Waals surface area contributed by atoms with Gasteiger partial charge in [-0.1, -0.05) is 77.6 Å². The van der Waals surface area contributed by atoms with Crippen LogP contribution < -0.4 is 5.73 Å². The van der Waals surface area contributed by atoms with E-state index in [-0.39, 0.29) is 6.23 Å². The quantitative estimate of drug-likeness (QED) is 0.407. The van der Waals surface area contributed by atoms with E-state index in [1.54, 1.807) is 0 Å². The van der Waals surface area contributed by atoms with Crippen LogP contribution in [0, 0.1) is 0 Å². The average molecular weight is 241 g/mol. The number of rotatable bonds is 12. The summed E-state index contributed by atoms with van der Waals surface area (Å²) in [4.78, 5) is 0. The van der Waals surface area contributed by atoms with Crippen LogP contribution in [0.2, 0.25) is 0 Å². The fourth-order valence-corrected chi connectivity index (χ4v) is 2.40. The highest BCUT2D eigenvalue weighted by molar-refractivity contribution is 4.78. The summed E-state index contributed by atoms with van der Waals surface area (Å²) in [5, 5.41) is 0. The second kappa shape index (κ2) is 9.90. The highest BCUT2D eigenvalue weighted by Gasteiger charge is 2.33. The monoisotopic (exact) mass is 241 g/mol. The molecule has 1 heterocycles. The van der Waals surface area contributed by atoms with Crippen LogP contribution in [0.1, 0.15) is 84.0 Å². The summed E-state index contributed by atoms with van der Waals surface area (Å²) in [5.74, 6) is 0. The standard InChI is InChI=1S/C15H31NO/c1-2-3-4-5-6-7-8-9-10-11-12-13-14-15(16)17-14/h14-15H,2-13,16H2,1H3. The SMILES string of the molecule is CCCCCCCCCCCCCC1OC1N. The number of ether oxygens (including phenoxy) is 1. The Kier molecular flexibility index (Phi) is 8.72. The maximum absolute atomic E-state index is 5.57. The van der Waals surface area contributed by atoms with E-state index >= 15 is 0 Å². The van der Waals surface area contributed by atoms with E-state index in [1.165, 1.54) is 77.0 Å². The molecular formula is C15H31NO. The van der Waals surface area contributed by atoms with Gasteiger partial charge in [0.2, 0.25) is 0 Å². The largest absolute Gasteiger partial charge is 0.353 e. The summed E-state index contributed by atoms with van der Waals surface area (Å²) < 4.78 is 5.19. The molecule has 1 fully saturated rings. The third kappa shape index (κ3) is 8.62. The van der Waals surface area contributed by atoms with Crippen molar-refractivity contribution in [1.82, 2.24) is 0 Å². The minimum atomic E-state index is 0.0677. The maximum Gasteiger partial charge on any atom is 0.132 e. The zero-order valence-electron chi connectivity index (χ0n) is 11.6. The first-order valence-electron chi connectivity index (χ1n) is 7.75. The molecule has 1 saturated heterocycles. The summed E-state index contributed by atoms with van der Waals surface area (Å²) >= 11 is 0. The molecule has 102 valence electrons. The fraction of sp³-hybridized carbons (Fsp3) is 1.00. The van der Waals surface area contributed by atoms with Crippen LogP contribution in [0.15, 0.2) is 0 Å². The minimum Gasteiger partial charge on any atom is -0.353 e. The van der Waals surface area contributed by atoms with Crippen molar-refractivity contribution >= 4 is 0 Å². The van der Waals surface area contributed by atoms with Gasteiger partial charge in [0.15, 0.2) is 0 Å². The Morgan fingerprint density at radius 3 is 1.59 bits per heavy atom. The van der Waals surface area contributed by atoms with Crippen molar-refractivity contribution in [2.24, 2.45) is 5.73 Å². The van der Waals surface area contributed by atoms with E-state index in [0.717, 1.165) is 0 Å². The van der Waals surface area contributed by atoms with Crippen molar-refractivity contribution in [2.75, 3.05) is 0 Å². The van der Waals surface area contributed by atoms with Crippen LogP contribution in [-0.2, 0) is 4.74 Å². The molecule has 0 aromatic carbocycles. The molecule has 2 N–H and O–H groups in total. The van der Waals surface area contributed by atoms with E-state index in [2.05, 4.69) is 6.92 Å². The summed E-state index contributed by atoms with van der Waals surface area (Å²) in [6.07, 6.45) is 17.1. The first-order valence-corrected chi connectivity index (χ1v) is 7.75. The van der Waals surface area contributed by atoms with Gasteiger partial charge in [0, 0.05) is 0 Å². The fourth-order valence-electron chi connectivity index (χ4n) is 2.40. The number of nitrogens with two attached hydrogens (primary N) is 1. The average Bonchev–Trinajstić information content (AvgIpc) is 3.02. The minimum absolute atomic E-state index is 0.0677. The van der Waals surface area contributed by atoms with Crippen molar-refractivity contribution in [2.45, 2.75) is 96.3 Å². The molecule has 1 rings (SSSR count). The van der Waals surface area contributed by atoms with Crippen LogP contribution in [-0.4, -0.2) is 12.3 Å². The molecule has 1 aliphatic heterocycles. The van der Waals surface area contributed by atoms with Gasteiger partial charge in [-0.2, -0.15) is 0 Å². The molecule has 0 aromatic rings. The number of unbranched alkanes of at least 4 members (excludes halogenated alkanes) is 10. The Morgan fingerprint density at radius 1 is 0.765 bits per heavy atom. The Bertz CT molecular complexity index is 172. The van der Waals surface area contributed by atoms with Crippen LogP contribution in [0.5, 0.6) is 0 Å². The predicted molar refractivity (Wildman–Crippen MR) is 73.9 cm³/mol. The first-order chi connectivity index (χ1) is 8.34. The van der Waals surface area contributed by atoms with E-state index < -0.39 is 0 Å². The lowest BCUT2D eigenvalue weighted by Crippen LogP contribution is -2.04. The molecule has 17 heavy (non-hydrogen) atoms. The Labute approximate surface area is 107 Å². The van der Waals surface area contributed by atoms with Gasteiger partial charge in [0.05, 0.1) is 6.10 Å². The molecule has 0 amide bonds. The third-order valence-electron chi connectivity index (χ3n) is 3.71. The van der Waals surface area contributed by atoms with Crippen molar-refractivity contribution in [3.8, 4) is 0 Å². The molecule has 0 bridgehead atoms. The topological polar surface area (TPSA) is 38.5 Å². The van der Waals surface area contributed by atoms with Crippen molar-refractivity contribution < 1.29 is 4.74 Å². The van der Waals surface area contributed by atoms with Crippen molar-refractivity contribution in [3.63, 3.8) is 0 Å². The normalized spacial score (nSPS) is 22.9. The molecule has 2 unspecified atom stereocenters. The molecule has 2 heteroatoms. The van der Waals surface area contributed by atoms with Gasteiger partial charge < -0.3 is 10.5 Å². The van der Waals surface area contributed by atoms with Crippen molar-refractivity contribution in [3.05, 3.63) is 0 Å². The lowest BCUT2D eigenvalue weighted by Gasteiger charge is -2.01. The van der Waals surface area contributed by atoms with E-state index in [4.69, 9.17) is 10.5 Å². The van der Waals surface area contributed by atoms with Crippen LogP contribution in [0.4, 0.5) is 0 Å². The van der Waals surface area contributed by atoms with Gasteiger partial charge in [-0.05, 0) is 6.42 Å². The van der Waals surface area contributed by atoms with Crippen LogP contribution in [0.3, 0.4) is 0 Å². The zero-order valence-corrected chi connectivity index (χ0v) is 11.6. The van der Waals surface area contributed by atoms with Gasteiger partial charge in [-0.25, -0.2) is 0 Å². The highest BCUT2D eigenvalue weighted by atomic mass is 16.6. The van der Waals surface area contributed by atoms with Gasteiger partial charge in [-0.15, -0.1) is 0 Å². The third-order valence-corrected chi connectivity index (χ3v) is 3.71. The molecule has 0 aromatic heterocycles. The molecule has 2 atom stereocenters. The summed E-state index contributed by atoms with van der Waals surface area (Å²) in [6.45, 7) is 2.28. The van der Waals surface area contributed by atoms with Gasteiger partial charge >= 0.3 is 0 Å². The lowest BCUT2D eigenvalue weighted by molar-refractivity contribution is 0.360. The summed E-state index contributed by atoms with van der Waals surface area (Å²) in [6, 6.07) is 0. The highest BCUT2D eigenvalue weighted by Crippen LogP contribution is 2.23. The predicted octanol–water partition coefficient (Wildman–Crippen LogP) is 4.37. The molecule has 0 saturated carbocycles. The van der Waals surface area contributed by atoms with Crippen LogP contribution >= 0.6 is 0 Å². The molecule has 1 aliphatic rings. The molecule has 0 radical (unpaired) electrons. The summed E-state index contributed by atoms with van der Waals surface area (Å²) in [7, 11) is 0. The van der Waals surface area contributed by atoms with Crippen LogP contribution in [0.25, 0.3) is 0 Å². The van der Waals surface area contributed by atoms with E-state index in [1.807, 2.05) is 0 Å². The summed E-state index contributed by atoms with van der Waals surface area (Å²) in [5.41, 5.74) is 5.57. The van der Waals surface area contributed by atoms with Gasteiger partial charge in [0.1, 0.15) is 6.23 Å². The van der Waals surface area contributed by atoms with Gasteiger partial charge in [-0.3, -0.25) is 0 Å². The molecule has 2 nitrogen and oxygen atoms in total. The first kappa shape index (κ1) is 15.0. The number of hydrogen-bond acceptors (Lipinski definition) is 2. The van der Waals surface area contributed by atoms with Gasteiger partial charge in [0.25, 0.3) is 0 Å². The van der Waals surface area contributed by atoms with E-state index in [0.29, 0.717) is 6.10 Å². The van der Waals surface area contributed by atoms with E-state index in [9.17, 15) is 0 Å². The molecule has 0 spiro atoms. The lowest BCUT2D eigenvalue weighted by atomic mass is 10.0. The smallest absolute Gasteiger partial charge is 0.132 e.